The molecule has 3 heterocycles. The number of nitrogens with zero attached hydrogens (tertiary/aromatic N) is 5. The summed E-state index contributed by atoms with van der Waals surface area (Å²) in [6, 6.07) is 1.78. The van der Waals surface area contributed by atoms with Gasteiger partial charge in [0.15, 0.2) is 5.82 Å². The Morgan fingerprint density at radius 1 is 1.48 bits per heavy atom. The molecule has 1 amide bonds. The predicted octanol–water partition coefficient (Wildman–Crippen LogP) is 0.905. The lowest BCUT2D eigenvalue weighted by Gasteiger charge is -2.30. The van der Waals surface area contributed by atoms with Gasteiger partial charge in [0.2, 0.25) is 5.91 Å². The maximum Gasteiger partial charge on any atom is 0.252 e. The quantitative estimate of drug-likeness (QED) is 0.802. The number of rotatable bonds is 6. The second-order valence-corrected chi connectivity index (χ2v) is 6.32. The van der Waals surface area contributed by atoms with Gasteiger partial charge in [-0.1, -0.05) is 6.92 Å². The highest BCUT2D eigenvalue weighted by molar-refractivity contribution is 5.77. The van der Waals surface area contributed by atoms with E-state index in [9.17, 15) is 4.79 Å². The molecule has 0 spiro atoms. The minimum absolute atomic E-state index is 0.0343. The summed E-state index contributed by atoms with van der Waals surface area (Å²) in [5.41, 5.74) is 0. The van der Waals surface area contributed by atoms with Crippen molar-refractivity contribution in [3.63, 3.8) is 0 Å². The molecule has 7 nitrogen and oxygen atoms in total. The molecule has 3 rings (SSSR count). The molecular formula is C16H24N6O. The first-order valence-corrected chi connectivity index (χ1v) is 8.36. The summed E-state index contributed by atoms with van der Waals surface area (Å²) < 4.78 is 1.58. The average Bonchev–Trinajstić information content (AvgIpc) is 2.94. The molecule has 2 aromatic rings. The van der Waals surface area contributed by atoms with Crippen molar-refractivity contribution < 1.29 is 4.79 Å². The van der Waals surface area contributed by atoms with Crippen molar-refractivity contribution in [2.24, 2.45) is 5.92 Å². The zero-order valence-electron chi connectivity index (χ0n) is 13.6. The molecule has 1 aliphatic heterocycles. The third kappa shape index (κ3) is 4.48. The van der Waals surface area contributed by atoms with Crippen LogP contribution in [0, 0.1) is 5.92 Å². The zero-order chi connectivity index (χ0) is 16.1. The van der Waals surface area contributed by atoms with Crippen molar-refractivity contribution >= 4 is 11.7 Å². The lowest BCUT2D eigenvalue weighted by molar-refractivity contribution is -0.120. The number of fused-ring (bicyclic) bond motifs is 1. The van der Waals surface area contributed by atoms with Crippen LogP contribution in [0.25, 0.3) is 5.78 Å². The predicted molar refractivity (Wildman–Crippen MR) is 87.0 cm³/mol. The highest BCUT2D eigenvalue weighted by atomic mass is 16.1. The monoisotopic (exact) mass is 316 g/mol. The fourth-order valence-electron chi connectivity index (χ4n) is 3.08. The summed E-state index contributed by atoms with van der Waals surface area (Å²) in [6.07, 6.45) is 7.25. The van der Waals surface area contributed by atoms with Crippen LogP contribution in [0.3, 0.4) is 0 Å². The molecule has 1 fully saturated rings. The molecule has 0 bridgehead atoms. The fraction of sp³-hybridized carbons (Fsp3) is 0.625. The second kappa shape index (κ2) is 7.50. The van der Waals surface area contributed by atoms with Gasteiger partial charge < -0.3 is 10.2 Å². The van der Waals surface area contributed by atoms with Crippen molar-refractivity contribution in [1.29, 1.82) is 0 Å². The Kier molecular flexibility index (Phi) is 5.17. The first-order chi connectivity index (χ1) is 11.2. The van der Waals surface area contributed by atoms with E-state index in [0.29, 0.717) is 18.1 Å². The topological polar surface area (TPSA) is 75.4 Å². The fourth-order valence-corrected chi connectivity index (χ4v) is 3.08. The second-order valence-electron chi connectivity index (χ2n) is 6.32. The van der Waals surface area contributed by atoms with E-state index in [1.54, 1.807) is 23.0 Å². The molecule has 0 saturated carbocycles. The van der Waals surface area contributed by atoms with Crippen molar-refractivity contribution in [1.82, 2.24) is 29.8 Å². The van der Waals surface area contributed by atoms with Gasteiger partial charge in [-0.15, -0.1) is 5.10 Å². The molecule has 23 heavy (non-hydrogen) atoms. The van der Waals surface area contributed by atoms with Crippen LogP contribution < -0.4 is 5.32 Å². The van der Waals surface area contributed by atoms with Gasteiger partial charge in [-0.05, 0) is 44.3 Å². The van der Waals surface area contributed by atoms with E-state index in [2.05, 4.69) is 32.2 Å². The molecule has 1 unspecified atom stereocenters. The van der Waals surface area contributed by atoms with Gasteiger partial charge in [-0.25, -0.2) is 9.50 Å². The molecule has 1 aliphatic rings. The minimum Gasteiger partial charge on any atom is -0.356 e. The molecule has 1 N–H and O–H groups in total. The Labute approximate surface area is 136 Å². The van der Waals surface area contributed by atoms with E-state index in [4.69, 9.17) is 0 Å². The number of hydrogen-bond acceptors (Lipinski definition) is 5. The average molecular weight is 316 g/mol. The van der Waals surface area contributed by atoms with Gasteiger partial charge in [-0.3, -0.25) is 4.79 Å². The minimum atomic E-state index is -0.0343. The summed E-state index contributed by atoms with van der Waals surface area (Å²) in [7, 11) is 0. The van der Waals surface area contributed by atoms with Gasteiger partial charge in [0, 0.05) is 25.5 Å². The number of amides is 1. The Morgan fingerprint density at radius 3 is 3.22 bits per heavy atom. The third-order valence-corrected chi connectivity index (χ3v) is 4.19. The smallest absolute Gasteiger partial charge is 0.252 e. The molecule has 2 aromatic heterocycles. The molecule has 0 aliphatic carbocycles. The van der Waals surface area contributed by atoms with Gasteiger partial charge >= 0.3 is 0 Å². The van der Waals surface area contributed by atoms with Crippen LogP contribution in [0.5, 0.6) is 0 Å². The van der Waals surface area contributed by atoms with E-state index in [1.807, 2.05) is 0 Å². The largest absolute Gasteiger partial charge is 0.356 e. The number of likely N-dealkylation sites (tertiary alicyclic amines) is 1. The van der Waals surface area contributed by atoms with Gasteiger partial charge in [0.05, 0.1) is 6.42 Å². The molecule has 1 atom stereocenters. The summed E-state index contributed by atoms with van der Waals surface area (Å²) >= 11 is 0. The van der Waals surface area contributed by atoms with Gasteiger partial charge in [0.25, 0.3) is 5.78 Å². The summed E-state index contributed by atoms with van der Waals surface area (Å²) in [6.45, 7) is 6.45. The maximum atomic E-state index is 12.0. The standard InChI is InChI=1S/C16H24N6O/c1-13-5-2-8-21(12-13)9-3-6-17-15(23)11-14-19-16-18-7-4-10-22(16)20-14/h4,7,10,13H,2-3,5-6,8-9,11-12H2,1H3,(H,17,23). The van der Waals surface area contributed by atoms with Gasteiger partial charge in [-0.2, -0.15) is 4.98 Å². The van der Waals surface area contributed by atoms with Crippen LogP contribution >= 0.6 is 0 Å². The molecule has 1 saturated heterocycles. The lowest BCUT2D eigenvalue weighted by Crippen LogP contribution is -2.36. The summed E-state index contributed by atoms with van der Waals surface area (Å²) in [5.74, 6) is 1.79. The lowest BCUT2D eigenvalue weighted by atomic mass is 10.0. The number of hydrogen-bond donors (Lipinski definition) is 1. The van der Waals surface area contributed by atoms with E-state index >= 15 is 0 Å². The molecular weight excluding hydrogens is 292 g/mol. The van der Waals surface area contributed by atoms with Crippen LogP contribution in [0.15, 0.2) is 18.5 Å². The first kappa shape index (κ1) is 15.9. The zero-order valence-corrected chi connectivity index (χ0v) is 13.6. The Morgan fingerprint density at radius 2 is 2.39 bits per heavy atom. The Hall–Kier alpha value is -2.02. The molecule has 0 aromatic carbocycles. The number of carbonyl (C=O) groups is 1. The van der Waals surface area contributed by atoms with Crippen LogP contribution in [0.1, 0.15) is 32.0 Å². The van der Waals surface area contributed by atoms with Crippen LogP contribution in [-0.2, 0) is 11.2 Å². The SMILES string of the molecule is CC1CCCN(CCCNC(=O)Cc2nc3ncccn3n2)C1. The van der Waals surface area contributed by atoms with Crippen molar-refractivity contribution in [3.8, 4) is 0 Å². The maximum absolute atomic E-state index is 12.0. The van der Waals surface area contributed by atoms with E-state index in [1.165, 1.54) is 25.9 Å². The summed E-state index contributed by atoms with van der Waals surface area (Å²) in [4.78, 5) is 22.8. The number of aromatic nitrogens is 4. The van der Waals surface area contributed by atoms with E-state index < -0.39 is 0 Å². The van der Waals surface area contributed by atoms with Gasteiger partial charge in [0.1, 0.15) is 0 Å². The Balaban J connectivity index is 1.38. The van der Waals surface area contributed by atoms with Crippen molar-refractivity contribution in [2.75, 3.05) is 26.2 Å². The first-order valence-electron chi connectivity index (χ1n) is 8.36. The number of piperidine rings is 1. The van der Waals surface area contributed by atoms with E-state index in [-0.39, 0.29) is 12.3 Å². The highest BCUT2D eigenvalue weighted by Gasteiger charge is 2.15. The molecule has 0 radical (unpaired) electrons. The molecule has 124 valence electrons. The third-order valence-electron chi connectivity index (χ3n) is 4.19. The summed E-state index contributed by atoms with van der Waals surface area (Å²) in [5, 5.41) is 7.19. The van der Waals surface area contributed by atoms with Crippen molar-refractivity contribution in [3.05, 3.63) is 24.3 Å². The van der Waals surface area contributed by atoms with E-state index in [0.717, 1.165) is 18.9 Å². The highest BCUT2D eigenvalue weighted by Crippen LogP contribution is 2.15. The van der Waals surface area contributed by atoms with Crippen LogP contribution in [0.2, 0.25) is 0 Å². The number of nitrogens with one attached hydrogen (secondary N) is 1. The molecule has 7 heteroatoms. The van der Waals surface area contributed by atoms with Crippen LogP contribution in [0.4, 0.5) is 0 Å². The Bertz CT molecular complexity index is 622. The number of carbonyl (C=O) groups excluding carboxylic acids is 1. The normalized spacial score (nSPS) is 19.1. The van der Waals surface area contributed by atoms with Crippen LogP contribution in [-0.4, -0.2) is 56.6 Å². The van der Waals surface area contributed by atoms with Crippen molar-refractivity contribution in [2.45, 2.75) is 32.6 Å².